The van der Waals surface area contributed by atoms with Gasteiger partial charge < -0.3 is 28.4 Å². The van der Waals surface area contributed by atoms with Gasteiger partial charge in [-0.05, 0) is 49.5 Å². The Morgan fingerprint density at radius 1 is 0.903 bits per heavy atom. The minimum atomic E-state index is 0.420. The van der Waals surface area contributed by atoms with E-state index in [1.54, 1.807) is 20.5 Å². The average Bonchev–Trinajstić information content (AvgIpc) is 3.25. The van der Waals surface area contributed by atoms with E-state index >= 15 is 0 Å². The van der Waals surface area contributed by atoms with E-state index < -0.39 is 0 Å². The van der Waals surface area contributed by atoms with E-state index in [2.05, 4.69) is 26.9 Å². The Morgan fingerprint density at radius 3 is 2.06 bits per heavy atom. The minimum absolute atomic E-state index is 0.420. The number of rotatable bonds is 12. The van der Waals surface area contributed by atoms with Crippen LogP contribution in [0.1, 0.15) is 16.8 Å². The third-order valence-electron chi connectivity index (χ3n) is 4.76. The van der Waals surface area contributed by atoms with Gasteiger partial charge in [0.15, 0.2) is 0 Å². The summed E-state index contributed by atoms with van der Waals surface area (Å²) < 4.78 is 22.3. The first-order chi connectivity index (χ1) is 15.1. The van der Waals surface area contributed by atoms with E-state index in [9.17, 15) is 0 Å². The Labute approximate surface area is 184 Å². The highest BCUT2D eigenvalue weighted by atomic mass is 16.5. The van der Waals surface area contributed by atoms with E-state index in [1.807, 2.05) is 50.5 Å². The van der Waals surface area contributed by atoms with Crippen molar-refractivity contribution in [2.45, 2.75) is 19.7 Å². The first-order valence-electron chi connectivity index (χ1n) is 10.2. The first-order valence-corrected chi connectivity index (χ1v) is 10.2. The van der Waals surface area contributed by atoms with Crippen molar-refractivity contribution in [1.29, 1.82) is 0 Å². The number of benzene rings is 2. The fraction of sp³-hybridized carbons (Fsp3) is 0.375. The molecule has 0 saturated heterocycles. The number of methoxy groups -OCH3 is 2. The predicted octanol–water partition coefficient (Wildman–Crippen LogP) is 3.98. The zero-order valence-electron chi connectivity index (χ0n) is 18.7. The number of hydrogen-bond acceptors (Lipinski definition) is 7. The summed E-state index contributed by atoms with van der Waals surface area (Å²) in [6, 6.07) is 16.6. The molecule has 0 aliphatic carbocycles. The highest BCUT2D eigenvalue weighted by Crippen LogP contribution is 2.23. The van der Waals surface area contributed by atoms with Crippen LogP contribution in [0.5, 0.6) is 11.5 Å². The molecule has 7 nitrogen and oxygen atoms in total. The summed E-state index contributed by atoms with van der Waals surface area (Å²) in [5, 5.41) is 0. The van der Waals surface area contributed by atoms with Gasteiger partial charge in [0.05, 0.1) is 27.4 Å². The van der Waals surface area contributed by atoms with Crippen LogP contribution in [0.3, 0.4) is 0 Å². The summed E-state index contributed by atoms with van der Waals surface area (Å²) in [6.45, 7) is 3.17. The van der Waals surface area contributed by atoms with Gasteiger partial charge in [-0.3, -0.25) is 0 Å². The Balaban J connectivity index is 1.76. The maximum absolute atomic E-state index is 5.82. The number of oxazole rings is 1. The molecule has 0 bridgehead atoms. The molecule has 0 radical (unpaired) electrons. The summed E-state index contributed by atoms with van der Waals surface area (Å²) in [7, 11) is 7.38. The standard InChI is InChI=1S/C24H31N3O4/c1-26(2)11-12-30-17-21-18-31-24(25-21)27(15-19-7-5-9-22(13-19)28-3)16-20-8-6-10-23(14-20)29-4/h5-10,13-14,18H,11-12,15-17H2,1-4H3. The van der Waals surface area contributed by atoms with Crippen molar-refractivity contribution in [2.24, 2.45) is 0 Å². The molecule has 0 atom stereocenters. The Kier molecular flexibility index (Phi) is 8.32. The third kappa shape index (κ3) is 7.01. The van der Waals surface area contributed by atoms with E-state index in [0.29, 0.717) is 32.3 Å². The molecule has 0 amide bonds. The van der Waals surface area contributed by atoms with Crippen LogP contribution in [-0.4, -0.2) is 51.4 Å². The highest BCUT2D eigenvalue weighted by Gasteiger charge is 2.16. The first kappa shape index (κ1) is 22.7. The van der Waals surface area contributed by atoms with Crippen LogP contribution in [0.2, 0.25) is 0 Å². The molecule has 1 heterocycles. The van der Waals surface area contributed by atoms with Crippen LogP contribution in [0.4, 0.5) is 6.01 Å². The molecule has 7 heteroatoms. The fourth-order valence-electron chi connectivity index (χ4n) is 3.11. The summed E-state index contributed by atoms with van der Waals surface area (Å²) in [6.07, 6.45) is 1.66. The van der Waals surface area contributed by atoms with Gasteiger partial charge in [0.2, 0.25) is 0 Å². The van der Waals surface area contributed by atoms with Crippen LogP contribution < -0.4 is 14.4 Å². The van der Waals surface area contributed by atoms with Crippen molar-refractivity contribution in [3.63, 3.8) is 0 Å². The molecule has 0 spiro atoms. The maximum atomic E-state index is 5.82. The zero-order chi connectivity index (χ0) is 22.1. The van der Waals surface area contributed by atoms with Crippen LogP contribution >= 0.6 is 0 Å². The second kappa shape index (κ2) is 11.4. The lowest BCUT2D eigenvalue weighted by Crippen LogP contribution is -2.22. The summed E-state index contributed by atoms with van der Waals surface area (Å²) in [4.78, 5) is 8.83. The SMILES string of the molecule is COc1cccc(CN(Cc2cccc(OC)c2)c2nc(COCCN(C)C)co2)c1. The van der Waals surface area contributed by atoms with Gasteiger partial charge in [-0.15, -0.1) is 0 Å². The normalized spacial score (nSPS) is 11.0. The number of ether oxygens (including phenoxy) is 3. The monoisotopic (exact) mass is 425 g/mol. The second-order valence-electron chi connectivity index (χ2n) is 7.54. The summed E-state index contributed by atoms with van der Waals surface area (Å²) in [5.41, 5.74) is 2.98. The van der Waals surface area contributed by atoms with Gasteiger partial charge in [0, 0.05) is 19.6 Å². The Morgan fingerprint density at radius 2 is 1.52 bits per heavy atom. The maximum Gasteiger partial charge on any atom is 0.298 e. The molecule has 0 aliphatic rings. The smallest absolute Gasteiger partial charge is 0.298 e. The van der Waals surface area contributed by atoms with Crippen LogP contribution in [0.25, 0.3) is 0 Å². The van der Waals surface area contributed by atoms with E-state index in [-0.39, 0.29) is 0 Å². The van der Waals surface area contributed by atoms with E-state index in [1.165, 1.54) is 0 Å². The molecule has 3 rings (SSSR count). The van der Waals surface area contributed by atoms with E-state index in [4.69, 9.17) is 18.6 Å². The fourth-order valence-corrected chi connectivity index (χ4v) is 3.11. The van der Waals surface area contributed by atoms with Crippen molar-refractivity contribution in [2.75, 3.05) is 46.4 Å². The molecule has 166 valence electrons. The molecule has 0 fully saturated rings. The second-order valence-corrected chi connectivity index (χ2v) is 7.54. The van der Waals surface area contributed by atoms with Gasteiger partial charge in [0.25, 0.3) is 6.01 Å². The summed E-state index contributed by atoms with van der Waals surface area (Å²) >= 11 is 0. The molecule has 0 aliphatic heterocycles. The van der Waals surface area contributed by atoms with Crippen LogP contribution in [0, 0.1) is 0 Å². The number of anilines is 1. The topological polar surface area (TPSA) is 60.2 Å². The van der Waals surface area contributed by atoms with Gasteiger partial charge in [-0.25, -0.2) is 0 Å². The van der Waals surface area contributed by atoms with Gasteiger partial charge >= 0.3 is 0 Å². The van der Waals surface area contributed by atoms with Crippen LogP contribution in [-0.2, 0) is 24.4 Å². The van der Waals surface area contributed by atoms with Crippen molar-refractivity contribution in [3.05, 3.63) is 71.6 Å². The molecule has 2 aromatic carbocycles. The molecular formula is C24H31N3O4. The molecular weight excluding hydrogens is 394 g/mol. The molecule has 0 saturated carbocycles. The Bertz CT molecular complexity index is 892. The number of likely N-dealkylation sites (N-methyl/N-ethyl adjacent to an activating group) is 1. The minimum Gasteiger partial charge on any atom is -0.497 e. The number of nitrogens with zero attached hydrogens (tertiary/aromatic N) is 3. The quantitative estimate of drug-likeness (QED) is 0.407. The lowest BCUT2D eigenvalue weighted by Gasteiger charge is -2.21. The zero-order valence-corrected chi connectivity index (χ0v) is 18.7. The molecule has 3 aromatic rings. The lowest BCUT2D eigenvalue weighted by atomic mass is 10.1. The predicted molar refractivity (Wildman–Crippen MR) is 121 cm³/mol. The van der Waals surface area contributed by atoms with Gasteiger partial charge in [-0.1, -0.05) is 24.3 Å². The van der Waals surface area contributed by atoms with Crippen molar-refractivity contribution >= 4 is 6.01 Å². The lowest BCUT2D eigenvalue weighted by molar-refractivity contribution is 0.103. The van der Waals surface area contributed by atoms with Crippen molar-refractivity contribution in [1.82, 2.24) is 9.88 Å². The average molecular weight is 426 g/mol. The number of hydrogen-bond donors (Lipinski definition) is 0. The molecule has 0 N–H and O–H groups in total. The molecule has 1 aromatic heterocycles. The molecule has 0 unspecified atom stereocenters. The Hall–Kier alpha value is -3.03. The molecule has 31 heavy (non-hydrogen) atoms. The van der Waals surface area contributed by atoms with Gasteiger partial charge in [0.1, 0.15) is 23.5 Å². The van der Waals surface area contributed by atoms with Crippen LogP contribution in [0.15, 0.2) is 59.2 Å². The number of aromatic nitrogens is 1. The van der Waals surface area contributed by atoms with Crippen molar-refractivity contribution in [3.8, 4) is 11.5 Å². The van der Waals surface area contributed by atoms with E-state index in [0.717, 1.165) is 34.9 Å². The highest BCUT2D eigenvalue weighted by molar-refractivity contribution is 5.37. The third-order valence-corrected chi connectivity index (χ3v) is 4.76. The summed E-state index contributed by atoms with van der Waals surface area (Å²) in [5.74, 6) is 1.64. The largest absolute Gasteiger partial charge is 0.497 e. The van der Waals surface area contributed by atoms with Crippen molar-refractivity contribution < 1.29 is 18.6 Å². The van der Waals surface area contributed by atoms with Gasteiger partial charge in [-0.2, -0.15) is 4.98 Å².